The average Bonchev–Trinajstić information content (AvgIpc) is 3.17. The first kappa shape index (κ1) is 20.5. The van der Waals surface area contributed by atoms with Crippen LogP contribution in [0.3, 0.4) is 0 Å². The maximum Gasteiger partial charge on any atom is 0.305 e. The SMILES string of the molecule is CCOC(=O)CCCC(=O)N1CCCN1C(=O)c1ccc(OC)nc1OC. The number of carbonyl (C=O) groups is 3. The minimum Gasteiger partial charge on any atom is -0.481 e. The van der Waals surface area contributed by atoms with Crippen molar-refractivity contribution in [2.45, 2.75) is 32.6 Å². The van der Waals surface area contributed by atoms with Crippen molar-refractivity contribution >= 4 is 17.8 Å². The number of methoxy groups -OCH3 is 2. The Hall–Kier alpha value is -2.84. The number of carbonyl (C=O) groups excluding carboxylic acids is 3. The van der Waals surface area contributed by atoms with E-state index in [1.165, 1.54) is 24.2 Å². The molecule has 2 heterocycles. The number of aromatic nitrogens is 1. The predicted octanol–water partition coefficient (Wildman–Crippen LogP) is 1.42. The molecule has 27 heavy (non-hydrogen) atoms. The Kier molecular flexibility index (Phi) is 7.39. The fourth-order valence-corrected chi connectivity index (χ4v) is 2.82. The molecule has 1 aromatic rings. The number of esters is 1. The van der Waals surface area contributed by atoms with Crippen LogP contribution < -0.4 is 9.47 Å². The highest BCUT2D eigenvalue weighted by Gasteiger charge is 2.32. The Bertz CT molecular complexity index is 694. The molecule has 0 radical (unpaired) electrons. The summed E-state index contributed by atoms with van der Waals surface area (Å²) in [6.07, 6.45) is 1.41. The summed E-state index contributed by atoms with van der Waals surface area (Å²) < 4.78 is 15.1. The van der Waals surface area contributed by atoms with E-state index in [2.05, 4.69) is 4.98 Å². The molecular weight excluding hydrogens is 354 g/mol. The van der Waals surface area contributed by atoms with E-state index >= 15 is 0 Å². The van der Waals surface area contributed by atoms with Crippen LogP contribution in [0.25, 0.3) is 0 Å². The summed E-state index contributed by atoms with van der Waals surface area (Å²) in [4.78, 5) is 40.9. The van der Waals surface area contributed by atoms with Crippen LogP contribution in [-0.2, 0) is 14.3 Å². The van der Waals surface area contributed by atoms with Gasteiger partial charge in [-0.05, 0) is 25.8 Å². The summed E-state index contributed by atoms with van der Waals surface area (Å²) in [5.74, 6) is -0.421. The van der Waals surface area contributed by atoms with Crippen molar-refractivity contribution in [3.8, 4) is 11.8 Å². The highest BCUT2D eigenvalue weighted by atomic mass is 16.5. The molecule has 0 unspecified atom stereocenters. The van der Waals surface area contributed by atoms with Gasteiger partial charge < -0.3 is 14.2 Å². The number of rotatable bonds is 8. The molecule has 1 saturated heterocycles. The maximum atomic E-state index is 12.9. The first-order valence-corrected chi connectivity index (χ1v) is 8.88. The van der Waals surface area contributed by atoms with Crippen LogP contribution in [0, 0.1) is 0 Å². The van der Waals surface area contributed by atoms with Gasteiger partial charge in [0.25, 0.3) is 5.91 Å². The molecule has 1 aliphatic heterocycles. The minimum atomic E-state index is -0.363. The number of amides is 2. The van der Waals surface area contributed by atoms with Gasteiger partial charge in [-0.1, -0.05) is 0 Å². The summed E-state index contributed by atoms with van der Waals surface area (Å²) in [5.41, 5.74) is 0.254. The number of hydrogen-bond donors (Lipinski definition) is 0. The molecule has 0 saturated carbocycles. The summed E-state index contributed by atoms with van der Waals surface area (Å²) in [5, 5.41) is 2.83. The van der Waals surface area contributed by atoms with E-state index in [0.29, 0.717) is 38.4 Å². The second-order valence-electron chi connectivity index (χ2n) is 5.87. The van der Waals surface area contributed by atoms with Crippen molar-refractivity contribution in [2.75, 3.05) is 33.9 Å². The number of hydrazine groups is 1. The van der Waals surface area contributed by atoms with Gasteiger partial charge in [0.2, 0.25) is 17.7 Å². The Morgan fingerprint density at radius 3 is 2.48 bits per heavy atom. The van der Waals surface area contributed by atoms with Crippen molar-refractivity contribution < 1.29 is 28.6 Å². The third kappa shape index (κ3) is 5.08. The van der Waals surface area contributed by atoms with Crippen molar-refractivity contribution in [1.82, 2.24) is 15.0 Å². The molecule has 1 aliphatic rings. The normalized spacial score (nSPS) is 13.4. The van der Waals surface area contributed by atoms with Crippen LogP contribution in [0.15, 0.2) is 12.1 Å². The number of nitrogens with zero attached hydrogens (tertiary/aromatic N) is 3. The first-order valence-electron chi connectivity index (χ1n) is 8.88. The minimum absolute atomic E-state index is 0.140. The van der Waals surface area contributed by atoms with Gasteiger partial charge in [0, 0.05) is 32.0 Å². The number of pyridine rings is 1. The molecule has 0 aromatic carbocycles. The fourth-order valence-electron chi connectivity index (χ4n) is 2.82. The molecule has 0 atom stereocenters. The third-order valence-corrected chi connectivity index (χ3v) is 4.10. The van der Waals surface area contributed by atoms with E-state index in [4.69, 9.17) is 14.2 Å². The average molecular weight is 379 g/mol. The number of hydrogen-bond acceptors (Lipinski definition) is 7. The molecule has 1 aromatic heterocycles. The summed E-state index contributed by atoms with van der Waals surface area (Å²) in [7, 11) is 2.89. The topological polar surface area (TPSA) is 98.3 Å². The highest BCUT2D eigenvalue weighted by molar-refractivity contribution is 5.97. The highest BCUT2D eigenvalue weighted by Crippen LogP contribution is 2.24. The molecule has 2 rings (SSSR count). The predicted molar refractivity (Wildman–Crippen MR) is 95.2 cm³/mol. The molecule has 9 nitrogen and oxygen atoms in total. The molecule has 0 N–H and O–H groups in total. The van der Waals surface area contributed by atoms with E-state index in [9.17, 15) is 14.4 Å². The second-order valence-corrected chi connectivity index (χ2v) is 5.87. The van der Waals surface area contributed by atoms with Gasteiger partial charge in [0.1, 0.15) is 5.56 Å². The van der Waals surface area contributed by atoms with E-state index in [0.717, 1.165) is 0 Å². The third-order valence-electron chi connectivity index (χ3n) is 4.10. The molecule has 9 heteroatoms. The molecule has 148 valence electrons. The summed E-state index contributed by atoms with van der Waals surface area (Å²) >= 11 is 0. The van der Waals surface area contributed by atoms with Crippen molar-refractivity contribution in [1.29, 1.82) is 0 Å². The maximum absolute atomic E-state index is 12.9. The molecular formula is C18H25N3O6. The van der Waals surface area contributed by atoms with Crippen molar-refractivity contribution in [3.63, 3.8) is 0 Å². The van der Waals surface area contributed by atoms with Gasteiger partial charge in [-0.25, -0.2) is 5.01 Å². The summed E-state index contributed by atoms with van der Waals surface area (Å²) in [6, 6.07) is 3.13. The van der Waals surface area contributed by atoms with Crippen LogP contribution in [0.1, 0.15) is 43.0 Å². The Morgan fingerprint density at radius 1 is 1.07 bits per heavy atom. The zero-order valence-electron chi connectivity index (χ0n) is 15.9. The Morgan fingerprint density at radius 2 is 1.81 bits per heavy atom. The van der Waals surface area contributed by atoms with E-state index in [-0.39, 0.29) is 42.1 Å². The monoisotopic (exact) mass is 379 g/mol. The molecule has 2 amide bonds. The van der Waals surface area contributed by atoms with Crippen molar-refractivity contribution in [2.24, 2.45) is 0 Å². The van der Waals surface area contributed by atoms with Gasteiger partial charge in [-0.2, -0.15) is 4.98 Å². The van der Waals surface area contributed by atoms with Gasteiger partial charge in [0.05, 0.1) is 20.8 Å². The van der Waals surface area contributed by atoms with Gasteiger partial charge in [-0.15, -0.1) is 0 Å². The zero-order valence-corrected chi connectivity index (χ0v) is 15.9. The molecule has 0 aliphatic carbocycles. The lowest BCUT2D eigenvalue weighted by atomic mass is 10.2. The Labute approximate surface area is 158 Å². The van der Waals surface area contributed by atoms with Crippen LogP contribution in [0.4, 0.5) is 0 Å². The van der Waals surface area contributed by atoms with Crippen molar-refractivity contribution in [3.05, 3.63) is 17.7 Å². The standard InChI is InChI=1S/C18H25N3O6/c1-4-27-16(23)8-5-7-15(22)20-11-6-12-21(20)18(24)13-9-10-14(25-2)19-17(13)26-3/h9-10H,4-8,11-12H2,1-3H3. The molecule has 1 fully saturated rings. The molecule has 0 bridgehead atoms. The first-order chi connectivity index (χ1) is 13.0. The molecule has 0 spiro atoms. The van der Waals surface area contributed by atoms with E-state index < -0.39 is 0 Å². The quantitative estimate of drug-likeness (QED) is 0.630. The number of ether oxygens (including phenoxy) is 3. The van der Waals surface area contributed by atoms with E-state index in [1.54, 1.807) is 19.1 Å². The van der Waals surface area contributed by atoms with Crippen LogP contribution in [-0.4, -0.2) is 66.7 Å². The van der Waals surface area contributed by atoms with Gasteiger partial charge in [-0.3, -0.25) is 19.4 Å². The zero-order chi connectivity index (χ0) is 19.8. The van der Waals surface area contributed by atoms with Crippen LogP contribution in [0.5, 0.6) is 11.8 Å². The van der Waals surface area contributed by atoms with Gasteiger partial charge in [0.15, 0.2) is 0 Å². The second kappa shape index (κ2) is 9.75. The van der Waals surface area contributed by atoms with Crippen LogP contribution in [0.2, 0.25) is 0 Å². The lowest BCUT2D eigenvalue weighted by Crippen LogP contribution is -2.45. The smallest absolute Gasteiger partial charge is 0.305 e. The Balaban J connectivity index is 2.03. The van der Waals surface area contributed by atoms with E-state index in [1.807, 2.05) is 0 Å². The largest absolute Gasteiger partial charge is 0.481 e. The lowest BCUT2D eigenvalue weighted by molar-refractivity contribution is -0.144. The van der Waals surface area contributed by atoms with Crippen LogP contribution >= 0.6 is 0 Å². The summed E-state index contributed by atoms with van der Waals surface area (Å²) in [6.45, 7) is 2.94. The van der Waals surface area contributed by atoms with Gasteiger partial charge >= 0.3 is 5.97 Å². The lowest BCUT2D eigenvalue weighted by Gasteiger charge is -2.28. The fraction of sp³-hybridized carbons (Fsp3) is 0.556.